The molecule has 0 aromatic carbocycles. The highest BCUT2D eigenvalue weighted by atomic mass is 16.3. The van der Waals surface area contributed by atoms with Gasteiger partial charge in [-0.25, -0.2) is 0 Å². The first kappa shape index (κ1) is 13.8. The Morgan fingerprint density at radius 1 is 1.33 bits per heavy atom. The fourth-order valence-corrected chi connectivity index (χ4v) is 3.33. The number of aliphatic hydroxyl groups is 1. The van der Waals surface area contributed by atoms with E-state index in [9.17, 15) is 9.90 Å². The Hall–Kier alpha value is -0.610. The summed E-state index contributed by atoms with van der Waals surface area (Å²) >= 11 is 0. The number of rotatable bonds is 3. The fourth-order valence-electron chi connectivity index (χ4n) is 3.33. The average Bonchev–Trinajstić information content (AvgIpc) is 2.53. The normalized spacial score (nSPS) is 32.0. The minimum absolute atomic E-state index is 0.0929. The third-order valence-electron chi connectivity index (χ3n) is 4.30. The van der Waals surface area contributed by atoms with Crippen LogP contribution in [0.25, 0.3) is 0 Å². The Labute approximate surface area is 110 Å². The summed E-state index contributed by atoms with van der Waals surface area (Å²) in [5, 5.41) is 12.2. The van der Waals surface area contributed by atoms with Crippen LogP contribution in [0.3, 0.4) is 0 Å². The highest BCUT2D eigenvalue weighted by Gasteiger charge is 2.34. The van der Waals surface area contributed by atoms with Crippen LogP contribution in [-0.4, -0.2) is 47.7 Å². The van der Waals surface area contributed by atoms with Crippen molar-refractivity contribution in [2.45, 2.75) is 57.5 Å². The minimum atomic E-state index is -0.122. The summed E-state index contributed by atoms with van der Waals surface area (Å²) in [4.78, 5) is 14.5. The summed E-state index contributed by atoms with van der Waals surface area (Å²) in [5.74, 6) is 0.610. The Morgan fingerprint density at radius 3 is 2.72 bits per heavy atom. The standard InChI is InChI=1S/C14H26N2O2/c1-11-9-15-14(18)13(7-8-17)16(10-11)12-5-3-2-4-6-12/h11-13,17H,2-10H2,1H3,(H,15,18). The summed E-state index contributed by atoms with van der Waals surface area (Å²) in [6.45, 7) is 4.03. The lowest BCUT2D eigenvalue weighted by Crippen LogP contribution is -2.50. The molecular formula is C14H26N2O2. The van der Waals surface area contributed by atoms with Gasteiger partial charge in [0.1, 0.15) is 0 Å². The Bertz CT molecular complexity index is 277. The van der Waals surface area contributed by atoms with E-state index in [2.05, 4.69) is 17.1 Å². The summed E-state index contributed by atoms with van der Waals surface area (Å²) < 4.78 is 0. The van der Waals surface area contributed by atoms with E-state index < -0.39 is 0 Å². The van der Waals surface area contributed by atoms with E-state index in [0.29, 0.717) is 18.4 Å². The molecule has 1 heterocycles. The largest absolute Gasteiger partial charge is 0.396 e. The van der Waals surface area contributed by atoms with Gasteiger partial charge in [-0.1, -0.05) is 26.2 Å². The van der Waals surface area contributed by atoms with Crippen LogP contribution in [0.2, 0.25) is 0 Å². The molecule has 1 amide bonds. The molecule has 0 bridgehead atoms. The van der Waals surface area contributed by atoms with Crippen molar-refractivity contribution in [3.05, 3.63) is 0 Å². The van der Waals surface area contributed by atoms with E-state index in [1.165, 1.54) is 32.1 Å². The molecule has 2 atom stereocenters. The maximum Gasteiger partial charge on any atom is 0.237 e. The Morgan fingerprint density at radius 2 is 2.06 bits per heavy atom. The third kappa shape index (κ3) is 3.23. The molecule has 2 N–H and O–H groups in total. The second-order valence-corrected chi connectivity index (χ2v) is 5.87. The van der Waals surface area contributed by atoms with Crippen LogP contribution in [0.15, 0.2) is 0 Å². The lowest BCUT2D eigenvalue weighted by Gasteiger charge is -2.38. The lowest BCUT2D eigenvalue weighted by atomic mass is 9.92. The molecule has 18 heavy (non-hydrogen) atoms. The van der Waals surface area contributed by atoms with Gasteiger partial charge in [0.2, 0.25) is 5.91 Å². The second-order valence-electron chi connectivity index (χ2n) is 5.87. The van der Waals surface area contributed by atoms with Crippen molar-refractivity contribution < 1.29 is 9.90 Å². The van der Waals surface area contributed by atoms with Crippen LogP contribution in [-0.2, 0) is 4.79 Å². The van der Waals surface area contributed by atoms with Crippen LogP contribution in [0.1, 0.15) is 45.4 Å². The molecular weight excluding hydrogens is 228 g/mol. The molecule has 1 aliphatic carbocycles. The van der Waals surface area contributed by atoms with Gasteiger partial charge in [-0.05, 0) is 25.2 Å². The SMILES string of the molecule is CC1CNC(=O)C(CCO)N(C2CCCCC2)C1. The Balaban J connectivity index is 2.10. The first-order valence-electron chi connectivity index (χ1n) is 7.36. The minimum Gasteiger partial charge on any atom is -0.396 e. The highest BCUT2D eigenvalue weighted by Crippen LogP contribution is 2.26. The summed E-state index contributed by atoms with van der Waals surface area (Å²) in [5.41, 5.74) is 0. The molecule has 1 aliphatic heterocycles. The number of amides is 1. The maximum atomic E-state index is 12.1. The number of carbonyl (C=O) groups excluding carboxylic acids is 1. The lowest BCUT2D eigenvalue weighted by molar-refractivity contribution is -0.127. The van der Waals surface area contributed by atoms with E-state index in [1.54, 1.807) is 0 Å². The molecule has 4 heteroatoms. The van der Waals surface area contributed by atoms with E-state index >= 15 is 0 Å². The number of nitrogens with one attached hydrogen (secondary N) is 1. The predicted octanol–water partition coefficient (Wildman–Crippen LogP) is 1.14. The van der Waals surface area contributed by atoms with Crippen LogP contribution in [0.4, 0.5) is 0 Å². The molecule has 2 rings (SSSR count). The number of hydrogen-bond donors (Lipinski definition) is 2. The molecule has 104 valence electrons. The Kier molecular flexibility index (Phi) is 5.01. The first-order chi connectivity index (χ1) is 8.72. The molecule has 0 aromatic heterocycles. The molecule has 4 nitrogen and oxygen atoms in total. The van der Waals surface area contributed by atoms with Crippen molar-refractivity contribution in [1.29, 1.82) is 0 Å². The van der Waals surface area contributed by atoms with Gasteiger partial charge in [0, 0.05) is 25.7 Å². The number of carbonyl (C=O) groups is 1. The van der Waals surface area contributed by atoms with Crippen molar-refractivity contribution in [2.75, 3.05) is 19.7 Å². The zero-order valence-electron chi connectivity index (χ0n) is 11.4. The smallest absolute Gasteiger partial charge is 0.237 e. The summed E-state index contributed by atoms with van der Waals surface area (Å²) in [6.07, 6.45) is 6.88. The third-order valence-corrected chi connectivity index (χ3v) is 4.30. The van der Waals surface area contributed by atoms with Crippen molar-refractivity contribution in [3.63, 3.8) is 0 Å². The van der Waals surface area contributed by atoms with E-state index in [-0.39, 0.29) is 18.6 Å². The number of hydrogen-bond acceptors (Lipinski definition) is 3. The molecule has 1 saturated heterocycles. The van der Waals surface area contributed by atoms with Crippen molar-refractivity contribution >= 4 is 5.91 Å². The van der Waals surface area contributed by atoms with Crippen LogP contribution < -0.4 is 5.32 Å². The van der Waals surface area contributed by atoms with Crippen molar-refractivity contribution in [2.24, 2.45) is 5.92 Å². The van der Waals surface area contributed by atoms with Crippen LogP contribution in [0.5, 0.6) is 0 Å². The van der Waals surface area contributed by atoms with E-state index in [0.717, 1.165) is 13.1 Å². The van der Waals surface area contributed by atoms with E-state index in [1.807, 2.05) is 0 Å². The molecule has 0 radical (unpaired) electrons. The molecule has 2 fully saturated rings. The van der Waals surface area contributed by atoms with Crippen LogP contribution >= 0.6 is 0 Å². The van der Waals surface area contributed by atoms with Gasteiger partial charge < -0.3 is 10.4 Å². The van der Waals surface area contributed by atoms with Gasteiger partial charge in [0.05, 0.1) is 6.04 Å². The molecule has 0 spiro atoms. The van der Waals surface area contributed by atoms with Gasteiger partial charge in [0.25, 0.3) is 0 Å². The highest BCUT2D eigenvalue weighted by molar-refractivity contribution is 5.82. The first-order valence-corrected chi connectivity index (χ1v) is 7.36. The van der Waals surface area contributed by atoms with E-state index in [4.69, 9.17) is 0 Å². The monoisotopic (exact) mass is 254 g/mol. The number of nitrogens with zero attached hydrogens (tertiary/aromatic N) is 1. The topological polar surface area (TPSA) is 52.6 Å². The molecule has 2 aliphatic rings. The van der Waals surface area contributed by atoms with Gasteiger partial charge >= 0.3 is 0 Å². The van der Waals surface area contributed by atoms with Crippen molar-refractivity contribution in [1.82, 2.24) is 10.2 Å². The zero-order chi connectivity index (χ0) is 13.0. The molecule has 0 aromatic rings. The van der Waals surface area contributed by atoms with Gasteiger partial charge in [0.15, 0.2) is 0 Å². The summed E-state index contributed by atoms with van der Waals surface area (Å²) in [7, 11) is 0. The van der Waals surface area contributed by atoms with Crippen LogP contribution in [0, 0.1) is 5.92 Å². The van der Waals surface area contributed by atoms with Gasteiger partial charge in [-0.15, -0.1) is 0 Å². The maximum absolute atomic E-state index is 12.1. The number of aliphatic hydroxyl groups excluding tert-OH is 1. The fraction of sp³-hybridized carbons (Fsp3) is 0.929. The average molecular weight is 254 g/mol. The zero-order valence-corrected chi connectivity index (χ0v) is 11.4. The predicted molar refractivity (Wildman–Crippen MR) is 71.2 cm³/mol. The summed E-state index contributed by atoms with van der Waals surface area (Å²) in [6, 6.07) is 0.421. The second kappa shape index (κ2) is 6.53. The molecule has 1 saturated carbocycles. The van der Waals surface area contributed by atoms with Crippen molar-refractivity contribution in [3.8, 4) is 0 Å². The van der Waals surface area contributed by atoms with Gasteiger partial charge in [-0.3, -0.25) is 9.69 Å². The van der Waals surface area contributed by atoms with Gasteiger partial charge in [-0.2, -0.15) is 0 Å². The molecule has 2 unspecified atom stereocenters. The quantitative estimate of drug-likeness (QED) is 0.794.